The molecule has 1 atom stereocenters. The standard InChI is InChI=1S/C27H29N7O.ClH/c1-20(35)30-17-21-7-9-22(10-8-21)25-27(29-12-11-28-25)34-15-13-33(14-16-34)26(24-18-31-32-19-24)23-5-3-2-4-6-23;/h2-12,18-19,26H,13-17H2,1H3,(H,30,35)(H,31,32);1H. The quantitative estimate of drug-likeness (QED) is 0.398. The molecule has 9 heteroatoms. The first kappa shape index (κ1) is 25.3. The summed E-state index contributed by atoms with van der Waals surface area (Å²) in [5.74, 6) is 0.869. The molecular formula is C27H30ClN7O. The predicted molar refractivity (Wildman–Crippen MR) is 143 cm³/mol. The van der Waals surface area contributed by atoms with Crippen LogP contribution in [0.1, 0.15) is 29.7 Å². The number of nitrogens with zero attached hydrogens (tertiary/aromatic N) is 5. The van der Waals surface area contributed by atoms with Gasteiger partial charge < -0.3 is 10.2 Å². The van der Waals surface area contributed by atoms with Crippen LogP contribution in [-0.2, 0) is 11.3 Å². The molecule has 1 unspecified atom stereocenters. The third kappa shape index (κ3) is 5.72. The molecule has 0 bridgehead atoms. The first-order chi connectivity index (χ1) is 17.2. The van der Waals surface area contributed by atoms with Gasteiger partial charge in [-0.05, 0) is 11.1 Å². The Kier molecular flexibility index (Phi) is 8.30. The van der Waals surface area contributed by atoms with Crippen molar-refractivity contribution in [3.8, 4) is 11.3 Å². The highest BCUT2D eigenvalue weighted by atomic mass is 35.5. The third-order valence-electron chi connectivity index (χ3n) is 6.38. The Morgan fingerprint density at radius 3 is 2.36 bits per heavy atom. The van der Waals surface area contributed by atoms with E-state index in [1.54, 1.807) is 12.4 Å². The zero-order valence-corrected chi connectivity index (χ0v) is 21.0. The number of hydrogen-bond acceptors (Lipinski definition) is 6. The summed E-state index contributed by atoms with van der Waals surface area (Å²) in [6.07, 6.45) is 7.40. The minimum atomic E-state index is -0.0355. The van der Waals surface area contributed by atoms with E-state index < -0.39 is 0 Å². The van der Waals surface area contributed by atoms with Crippen molar-refractivity contribution in [2.45, 2.75) is 19.5 Å². The van der Waals surface area contributed by atoms with Crippen molar-refractivity contribution in [2.75, 3.05) is 31.1 Å². The molecule has 2 N–H and O–H groups in total. The lowest BCUT2D eigenvalue weighted by Crippen LogP contribution is -2.48. The number of nitrogens with one attached hydrogen (secondary N) is 2. The first-order valence-electron chi connectivity index (χ1n) is 11.9. The lowest BCUT2D eigenvalue weighted by atomic mass is 9.99. The van der Waals surface area contributed by atoms with E-state index in [4.69, 9.17) is 4.98 Å². The second-order valence-corrected chi connectivity index (χ2v) is 8.70. The SMILES string of the molecule is CC(=O)NCc1ccc(-c2nccnc2N2CCN(C(c3ccccc3)c3cn[nH]c3)CC2)cc1.Cl. The summed E-state index contributed by atoms with van der Waals surface area (Å²) in [4.78, 5) is 25.4. The molecule has 4 aromatic rings. The Bertz CT molecular complexity index is 1240. The highest BCUT2D eigenvalue weighted by molar-refractivity contribution is 5.85. The van der Waals surface area contributed by atoms with Crippen LogP contribution in [0.25, 0.3) is 11.3 Å². The highest BCUT2D eigenvalue weighted by Crippen LogP contribution is 2.32. The maximum atomic E-state index is 11.2. The van der Waals surface area contributed by atoms with Gasteiger partial charge in [-0.15, -0.1) is 12.4 Å². The van der Waals surface area contributed by atoms with Crippen LogP contribution in [0.4, 0.5) is 5.82 Å². The first-order valence-corrected chi connectivity index (χ1v) is 11.9. The number of piperazine rings is 1. The van der Waals surface area contributed by atoms with Crippen LogP contribution in [0.5, 0.6) is 0 Å². The summed E-state index contributed by atoms with van der Waals surface area (Å²) in [5.41, 5.74) is 5.38. The molecule has 1 aliphatic heterocycles. The second-order valence-electron chi connectivity index (χ2n) is 8.70. The number of anilines is 1. The van der Waals surface area contributed by atoms with Crippen LogP contribution in [0.3, 0.4) is 0 Å². The number of halogens is 1. The highest BCUT2D eigenvalue weighted by Gasteiger charge is 2.28. The maximum Gasteiger partial charge on any atom is 0.217 e. The van der Waals surface area contributed by atoms with Gasteiger partial charge in [-0.2, -0.15) is 5.10 Å². The number of aromatic amines is 1. The van der Waals surface area contributed by atoms with Gasteiger partial charge in [0.25, 0.3) is 0 Å². The Morgan fingerprint density at radius 1 is 0.972 bits per heavy atom. The maximum absolute atomic E-state index is 11.2. The number of H-pyrrole nitrogens is 1. The van der Waals surface area contributed by atoms with Gasteiger partial charge in [0.1, 0.15) is 5.69 Å². The van der Waals surface area contributed by atoms with E-state index in [0.29, 0.717) is 6.54 Å². The average molecular weight is 504 g/mol. The molecule has 1 saturated heterocycles. The van der Waals surface area contributed by atoms with E-state index in [-0.39, 0.29) is 24.4 Å². The molecule has 1 amide bonds. The number of carbonyl (C=O) groups is 1. The van der Waals surface area contributed by atoms with Gasteiger partial charge in [-0.3, -0.25) is 19.8 Å². The van der Waals surface area contributed by atoms with Crippen LogP contribution in [0.15, 0.2) is 79.4 Å². The zero-order valence-electron chi connectivity index (χ0n) is 20.2. The fraction of sp³-hybridized carbons (Fsp3) is 0.259. The monoisotopic (exact) mass is 503 g/mol. The Morgan fingerprint density at radius 2 is 1.69 bits per heavy atom. The molecule has 0 radical (unpaired) electrons. The molecule has 36 heavy (non-hydrogen) atoms. The second kappa shape index (κ2) is 11.8. The normalized spacial score (nSPS) is 14.6. The Balaban J connectivity index is 0.00000304. The van der Waals surface area contributed by atoms with E-state index >= 15 is 0 Å². The van der Waals surface area contributed by atoms with E-state index in [1.165, 1.54) is 18.1 Å². The third-order valence-corrected chi connectivity index (χ3v) is 6.38. The van der Waals surface area contributed by atoms with Gasteiger partial charge in [-0.1, -0.05) is 54.6 Å². The molecule has 2 aromatic carbocycles. The number of rotatable bonds is 7. The van der Waals surface area contributed by atoms with E-state index in [9.17, 15) is 4.79 Å². The summed E-state index contributed by atoms with van der Waals surface area (Å²) >= 11 is 0. The van der Waals surface area contributed by atoms with Crippen molar-refractivity contribution < 1.29 is 4.79 Å². The molecule has 1 fully saturated rings. The predicted octanol–water partition coefficient (Wildman–Crippen LogP) is 3.84. The molecule has 2 aromatic heterocycles. The number of hydrogen-bond donors (Lipinski definition) is 2. The summed E-state index contributed by atoms with van der Waals surface area (Å²) in [5, 5.41) is 10.0. The summed E-state index contributed by atoms with van der Waals surface area (Å²) in [6.45, 7) is 5.55. The van der Waals surface area contributed by atoms with Crippen LogP contribution in [0.2, 0.25) is 0 Å². The van der Waals surface area contributed by atoms with Gasteiger partial charge in [-0.25, -0.2) is 4.98 Å². The van der Waals surface area contributed by atoms with E-state index in [0.717, 1.165) is 48.8 Å². The van der Waals surface area contributed by atoms with E-state index in [2.05, 4.69) is 60.6 Å². The lowest BCUT2D eigenvalue weighted by Gasteiger charge is -2.40. The van der Waals surface area contributed by atoms with Crippen molar-refractivity contribution in [2.24, 2.45) is 0 Å². The van der Waals surface area contributed by atoms with Crippen molar-refractivity contribution in [3.63, 3.8) is 0 Å². The molecule has 5 rings (SSSR count). The molecule has 8 nitrogen and oxygen atoms in total. The fourth-order valence-corrected chi connectivity index (χ4v) is 4.62. The number of carbonyl (C=O) groups excluding carboxylic acids is 1. The van der Waals surface area contributed by atoms with Crippen molar-refractivity contribution in [1.82, 2.24) is 30.4 Å². The molecule has 3 heterocycles. The average Bonchev–Trinajstić information content (AvgIpc) is 3.43. The molecule has 186 valence electrons. The molecule has 0 aliphatic carbocycles. The minimum Gasteiger partial charge on any atom is -0.352 e. The number of amides is 1. The number of aromatic nitrogens is 4. The van der Waals surface area contributed by atoms with Crippen molar-refractivity contribution in [1.29, 1.82) is 0 Å². The zero-order chi connectivity index (χ0) is 24.0. The molecular weight excluding hydrogens is 474 g/mol. The summed E-state index contributed by atoms with van der Waals surface area (Å²) < 4.78 is 0. The van der Waals surface area contributed by atoms with Gasteiger partial charge >= 0.3 is 0 Å². The minimum absolute atomic E-state index is 0. The van der Waals surface area contributed by atoms with Gasteiger partial charge in [0, 0.05) is 69.4 Å². The molecule has 0 spiro atoms. The lowest BCUT2D eigenvalue weighted by molar-refractivity contribution is -0.119. The smallest absolute Gasteiger partial charge is 0.217 e. The Hall–Kier alpha value is -3.75. The molecule has 0 saturated carbocycles. The van der Waals surface area contributed by atoms with E-state index in [1.807, 2.05) is 36.7 Å². The van der Waals surface area contributed by atoms with Gasteiger partial charge in [0.05, 0.1) is 12.2 Å². The van der Waals surface area contributed by atoms with Gasteiger partial charge in [0.2, 0.25) is 5.91 Å². The van der Waals surface area contributed by atoms with Crippen LogP contribution in [0, 0.1) is 0 Å². The summed E-state index contributed by atoms with van der Waals surface area (Å²) in [7, 11) is 0. The topological polar surface area (TPSA) is 90.0 Å². The largest absolute Gasteiger partial charge is 0.352 e. The van der Waals surface area contributed by atoms with Crippen molar-refractivity contribution >= 4 is 24.1 Å². The summed E-state index contributed by atoms with van der Waals surface area (Å²) in [6, 6.07) is 18.9. The Labute approximate surface area is 217 Å². The van der Waals surface area contributed by atoms with Gasteiger partial charge in [0.15, 0.2) is 5.82 Å². The van der Waals surface area contributed by atoms with Crippen molar-refractivity contribution in [3.05, 3.63) is 96.1 Å². The van der Waals surface area contributed by atoms with Crippen LogP contribution in [-0.4, -0.2) is 57.2 Å². The fourth-order valence-electron chi connectivity index (χ4n) is 4.62. The molecule has 1 aliphatic rings. The number of benzene rings is 2. The van der Waals surface area contributed by atoms with Crippen LogP contribution < -0.4 is 10.2 Å². The van der Waals surface area contributed by atoms with Crippen LogP contribution >= 0.6 is 12.4 Å².